The van der Waals surface area contributed by atoms with Gasteiger partial charge in [0.05, 0.1) is 5.69 Å². The number of fused-ring (bicyclic) bond motifs is 1. The first-order valence-electron chi connectivity index (χ1n) is 9.17. The highest BCUT2D eigenvalue weighted by Crippen LogP contribution is 2.32. The van der Waals surface area contributed by atoms with Gasteiger partial charge in [-0.05, 0) is 25.8 Å². The zero-order valence-electron chi connectivity index (χ0n) is 15.3. The van der Waals surface area contributed by atoms with Crippen LogP contribution >= 0.6 is 0 Å². The van der Waals surface area contributed by atoms with Crippen molar-refractivity contribution in [2.45, 2.75) is 44.8 Å². The molecule has 5 nitrogen and oxygen atoms in total. The molecule has 0 saturated heterocycles. The van der Waals surface area contributed by atoms with Crippen molar-refractivity contribution in [3.8, 4) is 11.3 Å². The molecule has 0 radical (unpaired) electrons. The van der Waals surface area contributed by atoms with Gasteiger partial charge in [0.15, 0.2) is 17.0 Å². The predicted molar refractivity (Wildman–Crippen MR) is 97.9 cm³/mol. The van der Waals surface area contributed by atoms with Crippen LogP contribution in [0.3, 0.4) is 0 Å². The van der Waals surface area contributed by atoms with Gasteiger partial charge in [0, 0.05) is 17.7 Å². The van der Waals surface area contributed by atoms with E-state index in [1.165, 1.54) is 6.07 Å². The average Bonchev–Trinajstić information content (AvgIpc) is 3.29. The van der Waals surface area contributed by atoms with Crippen LogP contribution in [0.25, 0.3) is 16.9 Å². The van der Waals surface area contributed by atoms with Crippen LogP contribution in [0, 0.1) is 6.92 Å². The van der Waals surface area contributed by atoms with Gasteiger partial charge < -0.3 is 5.32 Å². The molecule has 1 amide bonds. The number of carbonyl (C=O) groups is 1. The molecule has 28 heavy (non-hydrogen) atoms. The Bertz CT molecular complexity index is 1020. The number of nitrogens with zero attached hydrogens (tertiary/aromatic N) is 3. The van der Waals surface area contributed by atoms with E-state index >= 15 is 0 Å². The minimum Gasteiger partial charge on any atom is -0.348 e. The van der Waals surface area contributed by atoms with Crippen LogP contribution in [0.15, 0.2) is 36.4 Å². The molecule has 0 spiro atoms. The molecule has 146 valence electrons. The number of halogens is 3. The van der Waals surface area contributed by atoms with Crippen LogP contribution in [0.2, 0.25) is 0 Å². The van der Waals surface area contributed by atoms with E-state index in [4.69, 9.17) is 0 Å². The second-order valence-electron chi connectivity index (χ2n) is 7.14. The van der Waals surface area contributed by atoms with Gasteiger partial charge in [-0.15, -0.1) is 0 Å². The van der Waals surface area contributed by atoms with Crippen LogP contribution in [0.5, 0.6) is 0 Å². The molecule has 1 N–H and O–H groups in total. The number of aryl methyl sites for hydroxylation is 1. The number of rotatable bonds is 3. The predicted octanol–water partition coefficient (Wildman–Crippen LogP) is 4.40. The van der Waals surface area contributed by atoms with Crippen molar-refractivity contribution in [3.63, 3.8) is 0 Å². The molecule has 1 aliphatic carbocycles. The lowest BCUT2D eigenvalue weighted by atomic mass is 10.1. The minimum absolute atomic E-state index is 0.0121. The van der Waals surface area contributed by atoms with E-state index in [9.17, 15) is 18.0 Å². The van der Waals surface area contributed by atoms with E-state index in [-0.39, 0.29) is 23.1 Å². The Kier molecular flexibility index (Phi) is 4.56. The lowest BCUT2D eigenvalue weighted by Gasteiger charge is -2.11. The topological polar surface area (TPSA) is 59.3 Å². The maximum atomic E-state index is 13.6. The molecule has 3 aromatic rings. The highest BCUT2D eigenvalue weighted by Gasteiger charge is 2.35. The van der Waals surface area contributed by atoms with Gasteiger partial charge in [0.1, 0.15) is 0 Å². The molecule has 0 aliphatic heterocycles. The second kappa shape index (κ2) is 6.92. The van der Waals surface area contributed by atoms with Crippen molar-refractivity contribution in [1.29, 1.82) is 0 Å². The molecule has 1 fully saturated rings. The van der Waals surface area contributed by atoms with E-state index in [2.05, 4.69) is 15.4 Å². The van der Waals surface area contributed by atoms with Gasteiger partial charge in [-0.25, -0.2) is 9.50 Å². The largest absolute Gasteiger partial charge is 0.433 e. The first-order valence-corrected chi connectivity index (χ1v) is 9.17. The zero-order valence-corrected chi connectivity index (χ0v) is 15.3. The molecule has 1 saturated carbocycles. The van der Waals surface area contributed by atoms with Crippen molar-refractivity contribution < 1.29 is 18.0 Å². The SMILES string of the molecule is Cc1ccc(-c2cc(C(F)(F)F)n3nc(C(=O)NC4CCCC4)cc3n2)cc1. The number of benzene rings is 1. The summed E-state index contributed by atoms with van der Waals surface area (Å²) in [5, 5.41) is 6.74. The Morgan fingerprint density at radius 3 is 2.46 bits per heavy atom. The van der Waals surface area contributed by atoms with Crippen LogP contribution < -0.4 is 5.32 Å². The molecule has 1 aliphatic rings. The number of nitrogens with one attached hydrogen (secondary N) is 1. The summed E-state index contributed by atoms with van der Waals surface area (Å²) in [6.45, 7) is 1.90. The normalized spacial score (nSPS) is 15.3. The fraction of sp³-hybridized carbons (Fsp3) is 0.350. The Morgan fingerprint density at radius 2 is 1.82 bits per heavy atom. The molecule has 2 aromatic heterocycles. The fourth-order valence-corrected chi connectivity index (χ4v) is 3.49. The number of hydrogen-bond donors (Lipinski definition) is 1. The quantitative estimate of drug-likeness (QED) is 0.724. The number of hydrogen-bond acceptors (Lipinski definition) is 3. The van der Waals surface area contributed by atoms with Crippen LogP contribution in [-0.2, 0) is 6.18 Å². The molecule has 4 rings (SSSR count). The Hall–Kier alpha value is -2.90. The molecule has 8 heteroatoms. The molecular weight excluding hydrogens is 369 g/mol. The monoisotopic (exact) mass is 388 g/mol. The molecule has 1 aromatic carbocycles. The van der Waals surface area contributed by atoms with E-state index < -0.39 is 17.8 Å². The Balaban J connectivity index is 1.77. The average molecular weight is 388 g/mol. The number of amides is 1. The first kappa shape index (κ1) is 18.5. The fourth-order valence-electron chi connectivity index (χ4n) is 3.49. The molecule has 2 heterocycles. The lowest BCUT2D eigenvalue weighted by Crippen LogP contribution is -2.32. The summed E-state index contributed by atoms with van der Waals surface area (Å²) in [4.78, 5) is 16.7. The minimum atomic E-state index is -4.63. The smallest absolute Gasteiger partial charge is 0.348 e. The summed E-state index contributed by atoms with van der Waals surface area (Å²) < 4.78 is 41.6. The Labute approximate surface area is 159 Å². The summed E-state index contributed by atoms with van der Waals surface area (Å²) in [6.07, 6.45) is -0.803. The summed E-state index contributed by atoms with van der Waals surface area (Å²) in [7, 11) is 0. The molecule has 0 unspecified atom stereocenters. The third-order valence-electron chi connectivity index (χ3n) is 4.99. The van der Waals surface area contributed by atoms with E-state index in [1.54, 1.807) is 12.1 Å². The molecule has 0 atom stereocenters. The van der Waals surface area contributed by atoms with Crippen molar-refractivity contribution in [2.75, 3.05) is 0 Å². The first-order chi connectivity index (χ1) is 13.3. The highest BCUT2D eigenvalue weighted by atomic mass is 19.4. The van der Waals surface area contributed by atoms with E-state index in [0.717, 1.165) is 37.3 Å². The second-order valence-corrected chi connectivity index (χ2v) is 7.14. The van der Waals surface area contributed by atoms with Crippen molar-refractivity contribution >= 4 is 11.6 Å². The van der Waals surface area contributed by atoms with Gasteiger partial charge in [-0.1, -0.05) is 42.7 Å². The van der Waals surface area contributed by atoms with Crippen LogP contribution in [-0.4, -0.2) is 26.5 Å². The molecule has 0 bridgehead atoms. The summed E-state index contributed by atoms with van der Waals surface area (Å²) in [5.74, 6) is -0.470. The van der Waals surface area contributed by atoms with E-state index in [0.29, 0.717) is 10.1 Å². The van der Waals surface area contributed by atoms with Crippen molar-refractivity contribution in [2.24, 2.45) is 0 Å². The number of carbonyl (C=O) groups excluding carboxylic acids is 1. The maximum Gasteiger partial charge on any atom is 0.433 e. The Morgan fingerprint density at radius 1 is 1.14 bits per heavy atom. The summed E-state index contributed by atoms with van der Waals surface area (Å²) >= 11 is 0. The van der Waals surface area contributed by atoms with Crippen LogP contribution in [0.4, 0.5) is 13.2 Å². The van der Waals surface area contributed by atoms with Crippen molar-refractivity contribution in [3.05, 3.63) is 53.3 Å². The summed E-state index contributed by atoms with van der Waals surface area (Å²) in [6, 6.07) is 9.38. The zero-order chi connectivity index (χ0) is 19.9. The van der Waals surface area contributed by atoms with Gasteiger partial charge in [0.2, 0.25) is 0 Å². The maximum absolute atomic E-state index is 13.6. The number of aromatic nitrogens is 3. The van der Waals surface area contributed by atoms with Gasteiger partial charge >= 0.3 is 6.18 Å². The van der Waals surface area contributed by atoms with Gasteiger partial charge in [-0.2, -0.15) is 18.3 Å². The lowest BCUT2D eigenvalue weighted by molar-refractivity contribution is -0.142. The highest BCUT2D eigenvalue weighted by molar-refractivity contribution is 5.93. The van der Waals surface area contributed by atoms with E-state index in [1.807, 2.05) is 19.1 Å². The third-order valence-corrected chi connectivity index (χ3v) is 4.99. The van der Waals surface area contributed by atoms with Gasteiger partial charge in [-0.3, -0.25) is 4.79 Å². The number of alkyl halides is 3. The van der Waals surface area contributed by atoms with Crippen LogP contribution in [0.1, 0.15) is 47.4 Å². The summed E-state index contributed by atoms with van der Waals surface area (Å²) in [5.41, 5.74) is 0.705. The van der Waals surface area contributed by atoms with Gasteiger partial charge in [0.25, 0.3) is 5.91 Å². The van der Waals surface area contributed by atoms with Crippen molar-refractivity contribution in [1.82, 2.24) is 19.9 Å². The molecular formula is C20H19F3N4O. The standard InChI is InChI=1S/C20H19F3N4O/c1-12-6-8-13(9-7-12)15-10-17(20(21,22)23)27-18(25-15)11-16(26-27)19(28)24-14-4-2-3-5-14/h6-11,14H,2-5H2,1H3,(H,24,28). The third kappa shape index (κ3) is 3.58.